The molecular formula is C24H23BrO6. The molecule has 0 spiro atoms. The van der Waals surface area contributed by atoms with Crippen LogP contribution < -0.4 is 14.2 Å². The molecule has 0 amide bonds. The summed E-state index contributed by atoms with van der Waals surface area (Å²) in [7, 11) is 4.62. The van der Waals surface area contributed by atoms with Crippen molar-refractivity contribution in [2.24, 2.45) is 0 Å². The Kier molecular flexibility index (Phi) is 6.75. The molecule has 0 heterocycles. The van der Waals surface area contributed by atoms with Gasteiger partial charge >= 0.3 is 0 Å². The minimum Gasteiger partial charge on any atom is -0.504 e. The van der Waals surface area contributed by atoms with Crippen LogP contribution in [0.4, 0.5) is 0 Å². The van der Waals surface area contributed by atoms with Crippen LogP contribution in [0.25, 0.3) is 11.1 Å². The monoisotopic (exact) mass is 486 g/mol. The van der Waals surface area contributed by atoms with Crippen molar-refractivity contribution in [3.63, 3.8) is 0 Å². The van der Waals surface area contributed by atoms with E-state index in [-0.39, 0.29) is 17.7 Å². The highest BCUT2D eigenvalue weighted by atomic mass is 79.9. The predicted molar refractivity (Wildman–Crippen MR) is 122 cm³/mol. The number of ether oxygens (including phenoxy) is 3. The highest BCUT2D eigenvalue weighted by Crippen LogP contribution is 2.45. The van der Waals surface area contributed by atoms with Crippen molar-refractivity contribution >= 4 is 22.2 Å². The average molecular weight is 487 g/mol. The maximum atomic E-state index is 12.0. The first-order valence-electron chi connectivity index (χ1n) is 9.43. The van der Waals surface area contributed by atoms with Crippen LogP contribution in [0.2, 0.25) is 0 Å². The second-order valence-corrected chi connectivity index (χ2v) is 7.82. The van der Waals surface area contributed by atoms with Crippen LogP contribution in [0.5, 0.6) is 28.7 Å². The van der Waals surface area contributed by atoms with Crippen molar-refractivity contribution < 1.29 is 29.2 Å². The maximum Gasteiger partial charge on any atom is 0.168 e. The number of phenols is 2. The summed E-state index contributed by atoms with van der Waals surface area (Å²) in [6.07, 6.45) is 0.763. The molecule has 0 unspecified atom stereocenters. The Hall–Kier alpha value is -3.19. The van der Waals surface area contributed by atoms with E-state index >= 15 is 0 Å². The second kappa shape index (κ2) is 9.31. The maximum absolute atomic E-state index is 12.0. The van der Waals surface area contributed by atoms with E-state index < -0.39 is 5.75 Å². The first-order chi connectivity index (χ1) is 14.9. The molecule has 0 fully saturated rings. The van der Waals surface area contributed by atoms with Crippen molar-refractivity contribution in [2.45, 2.75) is 13.3 Å². The van der Waals surface area contributed by atoms with Gasteiger partial charge in [0.15, 0.2) is 17.8 Å². The van der Waals surface area contributed by atoms with Crippen LogP contribution in [0.3, 0.4) is 0 Å². The number of halogens is 1. The third kappa shape index (κ3) is 4.18. The molecule has 0 aliphatic rings. The van der Waals surface area contributed by atoms with Gasteiger partial charge in [0.2, 0.25) is 0 Å². The topological polar surface area (TPSA) is 85.2 Å². The molecule has 3 aromatic carbocycles. The lowest BCUT2D eigenvalue weighted by Gasteiger charge is -2.21. The molecule has 0 saturated carbocycles. The quantitative estimate of drug-likeness (QED) is 0.349. The summed E-state index contributed by atoms with van der Waals surface area (Å²) >= 11 is 3.42. The molecule has 0 aliphatic carbocycles. The molecule has 2 N–H and O–H groups in total. The van der Waals surface area contributed by atoms with Crippen LogP contribution in [0.15, 0.2) is 40.9 Å². The number of aldehydes is 1. The summed E-state index contributed by atoms with van der Waals surface area (Å²) in [6, 6.07) is 11.0. The standard InChI is InChI=1S/C24H23BrO6/c1-13-22(14-5-7-15(25)8-6-14)17(19(12-26)24(28)23(13)27)11-18-20(30-3)9-16(29-2)10-21(18)31-4/h5-10,12,27-28H,11H2,1-4H3. The molecule has 3 aromatic rings. The van der Waals surface area contributed by atoms with Crippen molar-refractivity contribution in [2.75, 3.05) is 21.3 Å². The van der Waals surface area contributed by atoms with Gasteiger partial charge in [-0.15, -0.1) is 0 Å². The van der Waals surface area contributed by atoms with E-state index in [1.54, 1.807) is 26.2 Å². The Bertz CT molecular complexity index is 1100. The van der Waals surface area contributed by atoms with Gasteiger partial charge in [0, 0.05) is 34.2 Å². The molecule has 0 atom stereocenters. The Morgan fingerprint density at radius 3 is 1.97 bits per heavy atom. The zero-order valence-corrected chi connectivity index (χ0v) is 19.2. The first-order valence-corrected chi connectivity index (χ1v) is 10.2. The number of aromatic hydroxyl groups is 2. The third-order valence-corrected chi connectivity index (χ3v) is 5.79. The Balaban J connectivity index is 2.33. The van der Waals surface area contributed by atoms with Crippen LogP contribution in [0, 0.1) is 6.92 Å². The molecule has 6 nitrogen and oxygen atoms in total. The second-order valence-electron chi connectivity index (χ2n) is 6.90. The molecule has 0 saturated heterocycles. The minimum atomic E-state index is -0.449. The lowest BCUT2D eigenvalue weighted by Crippen LogP contribution is -2.05. The van der Waals surface area contributed by atoms with Gasteiger partial charge in [0.25, 0.3) is 0 Å². The highest BCUT2D eigenvalue weighted by Gasteiger charge is 2.25. The van der Waals surface area contributed by atoms with E-state index in [2.05, 4.69) is 15.9 Å². The van der Waals surface area contributed by atoms with Crippen LogP contribution in [-0.2, 0) is 6.42 Å². The van der Waals surface area contributed by atoms with Crippen LogP contribution in [0.1, 0.15) is 27.0 Å². The van der Waals surface area contributed by atoms with Crippen molar-refractivity contribution in [1.82, 2.24) is 0 Å². The molecule has 0 bridgehead atoms. The summed E-state index contributed by atoms with van der Waals surface area (Å²) < 4.78 is 17.3. The minimum absolute atomic E-state index is 0.0148. The molecule has 162 valence electrons. The van der Waals surface area contributed by atoms with E-state index in [1.807, 2.05) is 24.3 Å². The van der Waals surface area contributed by atoms with Gasteiger partial charge in [-0.3, -0.25) is 4.79 Å². The Labute approximate surface area is 189 Å². The smallest absolute Gasteiger partial charge is 0.168 e. The van der Waals surface area contributed by atoms with Gasteiger partial charge in [-0.2, -0.15) is 0 Å². The van der Waals surface area contributed by atoms with Crippen molar-refractivity contribution in [1.29, 1.82) is 0 Å². The van der Waals surface area contributed by atoms with Gasteiger partial charge in [-0.25, -0.2) is 0 Å². The fraction of sp³-hybridized carbons (Fsp3) is 0.208. The summed E-state index contributed by atoms with van der Waals surface area (Å²) in [5.41, 5.74) is 3.15. The molecule has 7 heteroatoms. The van der Waals surface area contributed by atoms with Crippen molar-refractivity contribution in [3.8, 4) is 39.9 Å². The molecule has 0 aromatic heterocycles. The Morgan fingerprint density at radius 2 is 1.48 bits per heavy atom. The first kappa shape index (κ1) is 22.5. The largest absolute Gasteiger partial charge is 0.504 e. The van der Waals surface area contributed by atoms with Gasteiger partial charge in [0.05, 0.1) is 26.9 Å². The Morgan fingerprint density at radius 1 is 0.903 bits per heavy atom. The van der Waals surface area contributed by atoms with E-state index in [0.29, 0.717) is 45.8 Å². The predicted octanol–water partition coefficient (Wildman–Crippen LogP) is 5.26. The fourth-order valence-electron chi connectivity index (χ4n) is 3.67. The normalized spacial score (nSPS) is 10.6. The van der Waals surface area contributed by atoms with Crippen molar-refractivity contribution in [3.05, 3.63) is 63.1 Å². The number of methoxy groups -OCH3 is 3. The highest BCUT2D eigenvalue weighted by molar-refractivity contribution is 9.10. The average Bonchev–Trinajstić information content (AvgIpc) is 2.79. The van der Waals surface area contributed by atoms with Gasteiger partial charge < -0.3 is 24.4 Å². The zero-order valence-electron chi connectivity index (χ0n) is 17.7. The van der Waals surface area contributed by atoms with Gasteiger partial charge in [-0.1, -0.05) is 28.1 Å². The molecule has 3 rings (SSSR count). The number of rotatable bonds is 7. The summed E-state index contributed by atoms with van der Waals surface area (Å²) in [4.78, 5) is 12.0. The third-order valence-electron chi connectivity index (χ3n) is 5.26. The lowest BCUT2D eigenvalue weighted by molar-refractivity contribution is 0.111. The van der Waals surface area contributed by atoms with Gasteiger partial charge in [0.1, 0.15) is 17.2 Å². The molecular weight excluding hydrogens is 464 g/mol. The number of phenolic OH excluding ortho intramolecular Hbond substituents is 2. The summed E-state index contributed by atoms with van der Waals surface area (Å²) in [5.74, 6) is 0.818. The van der Waals surface area contributed by atoms with E-state index in [0.717, 1.165) is 10.0 Å². The number of carbonyl (C=O) groups is 1. The van der Waals surface area contributed by atoms with E-state index in [9.17, 15) is 15.0 Å². The van der Waals surface area contributed by atoms with E-state index in [4.69, 9.17) is 14.2 Å². The zero-order chi connectivity index (χ0) is 22.7. The van der Waals surface area contributed by atoms with Crippen LogP contribution in [-0.4, -0.2) is 37.8 Å². The van der Waals surface area contributed by atoms with Gasteiger partial charge in [-0.05, 0) is 35.7 Å². The number of hydrogen-bond donors (Lipinski definition) is 2. The summed E-state index contributed by atoms with van der Waals surface area (Å²) in [6.45, 7) is 1.70. The molecule has 0 aliphatic heterocycles. The molecule has 31 heavy (non-hydrogen) atoms. The van der Waals surface area contributed by atoms with E-state index in [1.165, 1.54) is 14.2 Å². The fourth-order valence-corrected chi connectivity index (χ4v) is 3.94. The van der Waals surface area contributed by atoms with Crippen LogP contribution >= 0.6 is 15.9 Å². The summed E-state index contributed by atoms with van der Waals surface area (Å²) in [5, 5.41) is 21.0. The number of benzene rings is 3. The number of carbonyl (C=O) groups excluding carboxylic acids is 1. The lowest BCUT2D eigenvalue weighted by atomic mass is 9.86. The molecule has 0 radical (unpaired) electrons. The SMILES string of the molecule is COc1cc(OC)c(Cc2c(C=O)c(O)c(O)c(C)c2-c2ccc(Br)cc2)c(OC)c1. The number of hydrogen-bond acceptors (Lipinski definition) is 6.